The number of carbonyl (C=O) groups excluding carboxylic acids is 1. The molecule has 2 heterocycles. The van der Waals surface area contributed by atoms with E-state index >= 15 is 0 Å². The molecule has 4 atom stereocenters. The van der Waals surface area contributed by atoms with Crippen molar-refractivity contribution < 1.29 is 22.4 Å². The van der Waals surface area contributed by atoms with Crippen LogP contribution in [0.1, 0.15) is 40.9 Å². The van der Waals surface area contributed by atoms with Gasteiger partial charge in [0.1, 0.15) is 5.82 Å². The number of nitrogens with zero attached hydrogens (tertiary/aromatic N) is 1. The topological polar surface area (TPSA) is 44.4 Å². The molecule has 2 aromatic carbocycles. The number of carbonyl (C=O) groups is 1. The number of benzene rings is 2. The van der Waals surface area contributed by atoms with E-state index in [9.17, 15) is 22.4 Å². The van der Waals surface area contributed by atoms with Gasteiger partial charge in [0.15, 0.2) is 0 Å². The van der Waals surface area contributed by atoms with Crippen LogP contribution in [-0.4, -0.2) is 29.4 Å². The summed E-state index contributed by atoms with van der Waals surface area (Å²) in [6, 6.07) is 9.20. The first kappa shape index (κ1) is 21.1. The highest BCUT2D eigenvalue weighted by Gasteiger charge is 2.46. The van der Waals surface area contributed by atoms with Crippen molar-refractivity contribution >= 4 is 17.5 Å². The van der Waals surface area contributed by atoms with Crippen LogP contribution in [0.2, 0.25) is 5.02 Å². The number of hydrogen-bond donors (Lipinski definition) is 2. The first-order valence-corrected chi connectivity index (χ1v) is 9.99. The second-order valence-electron chi connectivity index (χ2n) is 7.70. The molecule has 9 heteroatoms. The lowest BCUT2D eigenvalue weighted by Crippen LogP contribution is -2.56. The Morgan fingerprint density at radius 2 is 1.83 bits per heavy atom. The summed E-state index contributed by atoms with van der Waals surface area (Å²) in [4.78, 5) is 14.6. The molecule has 1 amide bonds. The monoisotopic (exact) mass is 441 g/mol. The normalized spacial score (nSPS) is 26.5. The summed E-state index contributed by atoms with van der Waals surface area (Å²) < 4.78 is 52.7. The number of fused-ring (bicyclic) bond motifs is 1. The van der Waals surface area contributed by atoms with Crippen LogP contribution in [0.25, 0.3) is 0 Å². The fourth-order valence-corrected chi connectivity index (χ4v) is 4.79. The zero-order chi connectivity index (χ0) is 21.6. The van der Waals surface area contributed by atoms with Gasteiger partial charge in [0, 0.05) is 18.6 Å². The highest BCUT2D eigenvalue weighted by Crippen LogP contribution is 2.40. The Balaban J connectivity index is 1.55. The minimum Gasteiger partial charge on any atom is -0.334 e. The maximum absolute atomic E-state index is 13.2. The SMILES string of the molecule is CC1C2NNC(c3ccc(F)cc3)C2CCN1C(=O)c1cccc(C(F)(F)F)c1Cl. The van der Waals surface area contributed by atoms with E-state index in [4.69, 9.17) is 11.6 Å². The molecule has 2 fully saturated rings. The molecule has 2 aliphatic rings. The van der Waals surface area contributed by atoms with Crippen molar-refractivity contribution in [2.75, 3.05) is 6.54 Å². The summed E-state index contributed by atoms with van der Waals surface area (Å²) in [5, 5.41) is -0.578. The van der Waals surface area contributed by atoms with E-state index in [1.165, 1.54) is 24.3 Å². The van der Waals surface area contributed by atoms with Crippen LogP contribution in [0.5, 0.6) is 0 Å². The van der Waals surface area contributed by atoms with Crippen LogP contribution >= 0.6 is 11.6 Å². The molecule has 2 aromatic rings. The lowest BCUT2D eigenvalue weighted by Gasteiger charge is -2.41. The van der Waals surface area contributed by atoms with E-state index in [2.05, 4.69) is 10.9 Å². The fourth-order valence-electron chi connectivity index (χ4n) is 4.48. The van der Waals surface area contributed by atoms with E-state index in [-0.39, 0.29) is 35.4 Å². The van der Waals surface area contributed by atoms with Gasteiger partial charge in [0.25, 0.3) is 5.91 Å². The van der Waals surface area contributed by atoms with Crippen molar-refractivity contribution in [3.05, 3.63) is 70.0 Å². The number of likely N-dealkylation sites (tertiary alicyclic amines) is 1. The Hall–Kier alpha value is -2.16. The molecule has 0 bridgehead atoms. The van der Waals surface area contributed by atoms with E-state index in [0.29, 0.717) is 13.0 Å². The molecule has 160 valence electrons. The molecule has 2 saturated heterocycles. The fraction of sp³-hybridized carbons (Fsp3) is 0.381. The smallest absolute Gasteiger partial charge is 0.334 e. The van der Waals surface area contributed by atoms with Gasteiger partial charge >= 0.3 is 6.18 Å². The summed E-state index contributed by atoms with van der Waals surface area (Å²) in [6.07, 6.45) is -4.00. The summed E-state index contributed by atoms with van der Waals surface area (Å²) in [6.45, 7) is 2.24. The molecular formula is C21H20ClF4N3O. The number of nitrogens with one attached hydrogen (secondary N) is 2. The standard InChI is InChI=1S/C21H20ClF4N3O/c1-11-18-15(19(28-27-18)12-5-7-13(23)8-6-12)9-10-29(11)20(30)14-3-2-4-16(17(14)22)21(24,25)26/h2-8,11,15,18-19,27-28H,9-10H2,1H3. The second-order valence-corrected chi connectivity index (χ2v) is 8.08. The van der Waals surface area contributed by atoms with Crippen LogP contribution in [0.4, 0.5) is 17.6 Å². The van der Waals surface area contributed by atoms with Crippen LogP contribution in [0.3, 0.4) is 0 Å². The van der Waals surface area contributed by atoms with Crippen molar-refractivity contribution in [3.63, 3.8) is 0 Å². The van der Waals surface area contributed by atoms with E-state index in [1.807, 2.05) is 6.92 Å². The highest BCUT2D eigenvalue weighted by atomic mass is 35.5. The van der Waals surface area contributed by atoms with E-state index in [1.54, 1.807) is 17.0 Å². The molecule has 2 aliphatic heterocycles. The van der Waals surface area contributed by atoms with Crippen molar-refractivity contribution in [2.24, 2.45) is 5.92 Å². The number of alkyl halides is 3. The predicted octanol–water partition coefficient (Wildman–Crippen LogP) is 4.57. The van der Waals surface area contributed by atoms with Crippen molar-refractivity contribution in [1.82, 2.24) is 15.8 Å². The minimum atomic E-state index is -4.63. The Labute approximate surface area is 176 Å². The van der Waals surface area contributed by atoms with Gasteiger partial charge in [0.05, 0.1) is 22.2 Å². The van der Waals surface area contributed by atoms with Gasteiger partial charge in [-0.2, -0.15) is 13.2 Å². The third-order valence-corrected chi connectivity index (χ3v) is 6.44. The minimum absolute atomic E-state index is 0.0487. The van der Waals surface area contributed by atoms with Gasteiger partial charge < -0.3 is 4.90 Å². The third kappa shape index (κ3) is 3.68. The lowest BCUT2D eigenvalue weighted by atomic mass is 9.80. The summed E-state index contributed by atoms with van der Waals surface area (Å²) in [7, 11) is 0. The maximum atomic E-state index is 13.2. The zero-order valence-electron chi connectivity index (χ0n) is 16.0. The summed E-state index contributed by atoms with van der Waals surface area (Å²) in [5.41, 5.74) is 6.19. The largest absolute Gasteiger partial charge is 0.417 e. The molecule has 0 saturated carbocycles. The van der Waals surface area contributed by atoms with Gasteiger partial charge in [-0.05, 0) is 49.1 Å². The zero-order valence-corrected chi connectivity index (χ0v) is 16.8. The maximum Gasteiger partial charge on any atom is 0.417 e. The van der Waals surface area contributed by atoms with Gasteiger partial charge in [-0.3, -0.25) is 10.2 Å². The third-order valence-electron chi connectivity index (χ3n) is 6.03. The van der Waals surface area contributed by atoms with Crippen molar-refractivity contribution in [3.8, 4) is 0 Å². The number of hydrazine groups is 1. The molecule has 2 N–H and O–H groups in total. The summed E-state index contributed by atoms with van der Waals surface area (Å²) >= 11 is 5.96. The van der Waals surface area contributed by atoms with Gasteiger partial charge in [-0.15, -0.1) is 0 Å². The van der Waals surface area contributed by atoms with Crippen LogP contribution < -0.4 is 10.9 Å². The Morgan fingerprint density at radius 1 is 1.13 bits per heavy atom. The Morgan fingerprint density at radius 3 is 2.50 bits per heavy atom. The van der Waals surface area contributed by atoms with Crippen molar-refractivity contribution in [2.45, 2.75) is 37.6 Å². The molecule has 0 aliphatic carbocycles. The van der Waals surface area contributed by atoms with Gasteiger partial charge in [-0.25, -0.2) is 9.82 Å². The van der Waals surface area contributed by atoms with Gasteiger partial charge in [0.2, 0.25) is 0 Å². The molecule has 4 rings (SSSR count). The second kappa shape index (κ2) is 7.83. The molecule has 30 heavy (non-hydrogen) atoms. The van der Waals surface area contributed by atoms with Crippen LogP contribution in [-0.2, 0) is 6.18 Å². The first-order valence-electron chi connectivity index (χ1n) is 9.61. The Kier molecular flexibility index (Phi) is 5.50. The molecule has 0 radical (unpaired) electrons. The van der Waals surface area contributed by atoms with Crippen LogP contribution in [0, 0.1) is 11.7 Å². The highest BCUT2D eigenvalue weighted by molar-refractivity contribution is 6.34. The van der Waals surface area contributed by atoms with E-state index in [0.717, 1.165) is 11.6 Å². The molecular weight excluding hydrogens is 422 g/mol. The molecule has 4 unspecified atom stereocenters. The lowest BCUT2D eigenvalue weighted by molar-refractivity contribution is -0.137. The average Bonchev–Trinajstić information content (AvgIpc) is 3.13. The average molecular weight is 442 g/mol. The van der Waals surface area contributed by atoms with Crippen LogP contribution in [0.15, 0.2) is 42.5 Å². The number of amides is 1. The number of piperidine rings is 1. The predicted molar refractivity (Wildman–Crippen MR) is 104 cm³/mol. The Bertz CT molecular complexity index is 950. The van der Waals surface area contributed by atoms with Gasteiger partial charge in [-0.1, -0.05) is 29.8 Å². The molecule has 0 aromatic heterocycles. The quantitative estimate of drug-likeness (QED) is 0.671. The number of rotatable bonds is 2. The molecule has 0 spiro atoms. The summed E-state index contributed by atoms with van der Waals surface area (Å²) in [5.74, 6) is -0.691. The van der Waals surface area contributed by atoms with E-state index < -0.39 is 22.7 Å². The number of hydrogen-bond acceptors (Lipinski definition) is 3. The van der Waals surface area contributed by atoms with Crippen molar-refractivity contribution in [1.29, 1.82) is 0 Å². The first-order chi connectivity index (χ1) is 14.2. The molecule has 4 nitrogen and oxygen atoms in total. The number of halogens is 5.